The summed E-state index contributed by atoms with van der Waals surface area (Å²) >= 11 is 5.36. The molecule has 0 bridgehead atoms. The van der Waals surface area contributed by atoms with E-state index in [9.17, 15) is 0 Å². The van der Waals surface area contributed by atoms with Gasteiger partial charge in [0.05, 0.1) is 0 Å². The van der Waals surface area contributed by atoms with Gasteiger partial charge in [-0.25, -0.2) is 0 Å². The second-order valence-corrected chi connectivity index (χ2v) is 6.70. The van der Waals surface area contributed by atoms with E-state index in [-0.39, 0.29) is 5.54 Å². The smallest absolute Gasteiger partial charge is 0.195 e. The summed E-state index contributed by atoms with van der Waals surface area (Å²) in [5, 5.41) is 9.84. The second kappa shape index (κ2) is 5.11. The minimum absolute atomic E-state index is 0.0731. The number of H-pyrrole nitrogens is 1. The standard InChI is InChI=1S/C17H19N3S/c1-17(2,3)20-15(18-19-16(20)21)11-12-8-9-13-6-4-5-7-14(13)10-12/h4-10H,11H2,1-3H3,(H,19,21). The fourth-order valence-electron chi connectivity index (χ4n) is 2.67. The highest BCUT2D eigenvalue weighted by atomic mass is 32.1. The molecule has 0 atom stereocenters. The molecule has 0 aliphatic carbocycles. The third-order valence-corrected chi connectivity index (χ3v) is 3.86. The van der Waals surface area contributed by atoms with Crippen LogP contribution < -0.4 is 0 Å². The predicted octanol–water partition coefficient (Wildman–Crippen LogP) is 4.44. The van der Waals surface area contributed by atoms with E-state index in [1.165, 1.54) is 16.3 Å². The maximum Gasteiger partial charge on any atom is 0.195 e. The molecule has 0 unspecified atom stereocenters. The number of rotatable bonds is 2. The van der Waals surface area contributed by atoms with Crippen LogP contribution in [0.3, 0.4) is 0 Å². The Hall–Kier alpha value is -1.94. The molecule has 0 radical (unpaired) electrons. The van der Waals surface area contributed by atoms with Gasteiger partial charge in [0.1, 0.15) is 5.82 Å². The molecule has 0 aliphatic heterocycles. The van der Waals surface area contributed by atoms with Crippen LogP contribution in [-0.4, -0.2) is 14.8 Å². The zero-order valence-corrected chi connectivity index (χ0v) is 13.4. The molecule has 0 aliphatic rings. The van der Waals surface area contributed by atoms with Gasteiger partial charge in [0.15, 0.2) is 4.77 Å². The molecule has 0 amide bonds. The third-order valence-electron chi connectivity index (χ3n) is 3.59. The summed E-state index contributed by atoms with van der Waals surface area (Å²) in [4.78, 5) is 0. The van der Waals surface area contributed by atoms with Crippen LogP contribution in [-0.2, 0) is 12.0 Å². The highest BCUT2D eigenvalue weighted by Gasteiger charge is 2.19. The van der Waals surface area contributed by atoms with Crippen molar-refractivity contribution < 1.29 is 0 Å². The van der Waals surface area contributed by atoms with Crippen molar-refractivity contribution in [1.82, 2.24) is 14.8 Å². The number of fused-ring (bicyclic) bond motifs is 1. The van der Waals surface area contributed by atoms with Gasteiger partial charge in [-0.2, -0.15) is 5.10 Å². The van der Waals surface area contributed by atoms with Crippen LogP contribution in [0.1, 0.15) is 32.2 Å². The molecule has 21 heavy (non-hydrogen) atoms. The third kappa shape index (κ3) is 2.76. The van der Waals surface area contributed by atoms with E-state index >= 15 is 0 Å². The number of nitrogens with zero attached hydrogens (tertiary/aromatic N) is 2. The lowest BCUT2D eigenvalue weighted by atomic mass is 10.0. The van der Waals surface area contributed by atoms with Crippen molar-refractivity contribution >= 4 is 23.0 Å². The molecule has 0 saturated carbocycles. The van der Waals surface area contributed by atoms with Crippen LogP contribution in [0.25, 0.3) is 10.8 Å². The first-order chi connectivity index (χ1) is 9.95. The van der Waals surface area contributed by atoms with E-state index in [0.717, 1.165) is 12.2 Å². The molecule has 4 heteroatoms. The Morgan fingerprint density at radius 1 is 1.10 bits per heavy atom. The van der Waals surface area contributed by atoms with Gasteiger partial charge in [-0.05, 0) is 49.3 Å². The highest BCUT2D eigenvalue weighted by Crippen LogP contribution is 2.21. The lowest BCUT2D eigenvalue weighted by molar-refractivity contribution is 0.380. The summed E-state index contributed by atoms with van der Waals surface area (Å²) < 4.78 is 2.77. The number of nitrogens with one attached hydrogen (secondary N) is 1. The molecule has 0 fully saturated rings. The van der Waals surface area contributed by atoms with Crippen molar-refractivity contribution in [2.24, 2.45) is 0 Å². The van der Waals surface area contributed by atoms with E-state index in [2.05, 4.69) is 78.0 Å². The van der Waals surface area contributed by atoms with Crippen LogP contribution in [0.15, 0.2) is 42.5 Å². The van der Waals surface area contributed by atoms with Crippen molar-refractivity contribution in [2.45, 2.75) is 32.7 Å². The van der Waals surface area contributed by atoms with Gasteiger partial charge < -0.3 is 0 Å². The van der Waals surface area contributed by atoms with E-state index < -0.39 is 0 Å². The molecule has 3 nitrogen and oxygen atoms in total. The van der Waals surface area contributed by atoms with Gasteiger partial charge in [0.25, 0.3) is 0 Å². The minimum atomic E-state index is -0.0731. The summed E-state index contributed by atoms with van der Waals surface area (Å²) in [6, 6.07) is 14.9. The summed E-state index contributed by atoms with van der Waals surface area (Å²) in [5.41, 5.74) is 1.17. The number of benzene rings is 2. The molecule has 1 heterocycles. The van der Waals surface area contributed by atoms with Gasteiger partial charge in [-0.1, -0.05) is 42.5 Å². The number of hydrogen-bond donors (Lipinski definition) is 1. The van der Waals surface area contributed by atoms with Gasteiger partial charge in [-0.15, -0.1) is 0 Å². The molecule has 3 aromatic rings. The van der Waals surface area contributed by atoms with Gasteiger partial charge in [0.2, 0.25) is 0 Å². The SMILES string of the molecule is CC(C)(C)n1c(Cc2ccc3ccccc3c2)n[nH]c1=S. The molecule has 3 rings (SSSR count). The Bertz CT molecular complexity index is 837. The lowest BCUT2D eigenvalue weighted by Crippen LogP contribution is -2.24. The number of aromatic amines is 1. The average molecular weight is 297 g/mol. The monoisotopic (exact) mass is 297 g/mol. The Labute approximate surface area is 129 Å². The first-order valence-electron chi connectivity index (χ1n) is 7.09. The average Bonchev–Trinajstić information content (AvgIpc) is 2.79. The van der Waals surface area contributed by atoms with Crippen LogP contribution >= 0.6 is 12.2 Å². The quantitative estimate of drug-likeness (QED) is 0.709. The Kier molecular flexibility index (Phi) is 3.41. The molecule has 2 aromatic carbocycles. The van der Waals surface area contributed by atoms with Crippen molar-refractivity contribution in [1.29, 1.82) is 0 Å². The molecule has 0 spiro atoms. The minimum Gasteiger partial charge on any atom is -0.298 e. The van der Waals surface area contributed by atoms with Gasteiger partial charge >= 0.3 is 0 Å². The Morgan fingerprint density at radius 2 is 1.81 bits per heavy atom. The fourth-order valence-corrected chi connectivity index (χ4v) is 3.10. The van der Waals surface area contributed by atoms with Crippen molar-refractivity contribution in [3.63, 3.8) is 0 Å². The molecule has 108 valence electrons. The summed E-state index contributed by atoms with van der Waals surface area (Å²) in [5.74, 6) is 0.975. The van der Waals surface area contributed by atoms with Gasteiger partial charge in [-0.3, -0.25) is 9.67 Å². The van der Waals surface area contributed by atoms with Crippen LogP contribution in [0.4, 0.5) is 0 Å². The Morgan fingerprint density at radius 3 is 2.52 bits per heavy atom. The maximum atomic E-state index is 5.36. The van der Waals surface area contributed by atoms with Crippen molar-refractivity contribution in [3.8, 4) is 0 Å². The number of aromatic nitrogens is 3. The topological polar surface area (TPSA) is 33.6 Å². The van der Waals surface area contributed by atoms with E-state index in [4.69, 9.17) is 12.2 Å². The molecule has 0 saturated heterocycles. The molecule has 1 N–H and O–H groups in total. The first kappa shape index (κ1) is 14.0. The summed E-state index contributed by atoms with van der Waals surface area (Å²) in [7, 11) is 0. The fraction of sp³-hybridized carbons (Fsp3) is 0.294. The number of hydrogen-bond acceptors (Lipinski definition) is 2. The largest absolute Gasteiger partial charge is 0.298 e. The first-order valence-corrected chi connectivity index (χ1v) is 7.50. The molecular formula is C17H19N3S. The van der Waals surface area contributed by atoms with Crippen LogP contribution in [0.2, 0.25) is 0 Å². The highest BCUT2D eigenvalue weighted by molar-refractivity contribution is 7.71. The van der Waals surface area contributed by atoms with Crippen molar-refractivity contribution in [2.75, 3.05) is 0 Å². The maximum absolute atomic E-state index is 5.36. The lowest BCUT2D eigenvalue weighted by Gasteiger charge is -2.22. The van der Waals surface area contributed by atoms with Crippen molar-refractivity contribution in [3.05, 3.63) is 58.6 Å². The zero-order chi connectivity index (χ0) is 15.0. The summed E-state index contributed by atoms with van der Waals surface area (Å²) in [6.07, 6.45) is 0.773. The van der Waals surface area contributed by atoms with Gasteiger partial charge in [0, 0.05) is 12.0 Å². The van der Waals surface area contributed by atoms with Crippen LogP contribution in [0, 0.1) is 4.77 Å². The van der Waals surface area contributed by atoms with E-state index in [0.29, 0.717) is 4.77 Å². The van der Waals surface area contributed by atoms with E-state index in [1.807, 2.05) is 0 Å². The summed E-state index contributed by atoms with van der Waals surface area (Å²) in [6.45, 7) is 6.42. The van der Waals surface area contributed by atoms with Crippen LogP contribution in [0.5, 0.6) is 0 Å². The molecular weight excluding hydrogens is 278 g/mol. The predicted molar refractivity (Wildman–Crippen MR) is 89.2 cm³/mol. The Balaban J connectivity index is 2.01. The zero-order valence-electron chi connectivity index (χ0n) is 12.6. The normalized spacial score (nSPS) is 12.0. The molecule has 1 aromatic heterocycles. The van der Waals surface area contributed by atoms with E-state index in [1.54, 1.807) is 0 Å². The second-order valence-electron chi connectivity index (χ2n) is 6.31.